The first-order valence-electron chi connectivity index (χ1n) is 15.9. The maximum absolute atomic E-state index is 15.3. The summed E-state index contributed by atoms with van der Waals surface area (Å²) in [6, 6.07) is 13.9. The molecule has 1 saturated carbocycles. The molecule has 1 fully saturated rings. The fourth-order valence-electron chi connectivity index (χ4n) is 5.84. The molecule has 0 aliphatic heterocycles. The average Bonchev–Trinajstić information content (AvgIpc) is 3.63. The number of H-pyrrole nitrogens is 1. The number of halogens is 2. The second-order valence-corrected chi connectivity index (χ2v) is 12.3. The molecule has 0 unspecified atom stereocenters. The Morgan fingerprint density at radius 2 is 1.77 bits per heavy atom. The Balaban J connectivity index is 0.00000520. The Hall–Kier alpha value is -4.30. The summed E-state index contributed by atoms with van der Waals surface area (Å²) in [6.07, 6.45) is 5.42. The van der Waals surface area contributed by atoms with Crippen LogP contribution in [0.25, 0.3) is 22.5 Å². The Bertz CT molecular complexity index is 1610. The third-order valence-corrected chi connectivity index (χ3v) is 8.55. The number of carbonyl (C=O) groups excluding carboxylic acids is 2. The van der Waals surface area contributed by atoms with Gasteiger partial charge in [-0.1, -0.05) is 12.1 Å². The number of amides is 2. The number of carbonyl (C=O) groups is 2. The van der Waals surface area contributed by atoms with E-state index in [9.17, 15) is 9.59 Å². The van der Waals surface area contributed by atoms with Crippen LogP contribution in [-0.2, 0) is 16.0 Å². The number of benzene rings is 2. The molecule has 12 nitrogen and oxygen atoms in total. The van der Waals surface area contributed by atoms with Crippen LogP contribution in [0.5, 0.6) is 5.88 Å². The van der Waals surface area contributed by atoms with Crippen LogP contribution in [0.3, 0.4) is 0 Å². The second kappa shape index (κ2) is 17.2. The first-order valence-corrected chi connectivity index (χ1v) is 15.9. The van der Waals surface area contributed by atoms with Gasteiger partial charge in [0, 0.05) is 41.4 Å². The summed E-state index contributed by atoms with van der Waals surface area (Å²) in [4.78, 5) is 35.4. The molecular weight excluding hydrogens is 637 g/mol. The Morgan fingerprint density at radius 3 is 2.38 bits per heavy atom. The monoisotopic (exact) mass is 679 g/mol. The van der Waals surface area contributed by atoms with Gasteiger partial charge in [-0.15, -0.1) is 22.6 Å². The zero-order chi connectivity index (χ0) is 33.3. The summed E-state index contributed by atoms with van der Waals surface area (Å²) in [5, 5.41) is 14.0. The smallest absolute Gasteiger partial charge is 0.251 e. The average molecular weight is 680 g/mol. The van der Waals surface area contributed by atoms with Crippen molar-refractivity contribution in [1.29, 1.82) is 0 Å². The minimum atomic E-state index is -1.09. The SMILES string of the molecule is CN(C)CCCOc1ccc(-c2ccc(C[C@H](N)C(=O)N(c3ccc(-c4nn[nH]n4)cc3)C(=O)[C@H]3CC[C@H](CN)CC3)cc2F)cn1.Cl. The van der Waals surface area contributed by atoms with Gasteiger partial charge in [0.05, 0.1) is 18.3 Å². The third kappa shape index (κ3) is 9.19. The van der Waals surface area contributed by atoms with Crippen molar-refractivity contribution in [3.05, 3.63) is 72.2 Å². The minimum absolute atomic E-state index is 0. The minimum Gasteiger partial charge on any atom is -0.478 e. The highest BCUT2D eigenvalue weighted by Crippen LogP contribution is 2.32. The lowest BCUT2D eigenvalue weighted by molar-refractivity contribution is -0.130. The van der Waals surface area contributed by atoms with Gasteiger partial charge in [0.25, 0.3) is 5.91 Å². The largest absolute Gasteiger partial charge is 0.478 e. The fraction of sp³-hybridized carbons (Fsp3) is 0.412. The van der Waals surface area contributed by atoms with Crippen molar-refractivity contribution in [2.24, 2.45) is 23.3 Å². The molecule has 5 rings (SSSR count). The van der Waals surface area contributed by atoms with Crippen molar-refractivity contribution < 1.29 is 18.7 Å². The lowest BCUT2D eigenvalue weighted by Gasteiger charge is -2.32. The van der Waals surface area contributed by atoms with Crippen LogP contribution in [0.1, 0.15) is 37.7 Å². The van der Waals surface area contributed by atoms with Gasteiger partial charge < -0.3 is 21.1 Å². The molecule has 14 heteroatoms. The van der Waals surface area contributed by atoms with Gasteiger partial charge in [0.15, 0.2) is 0 Å². The van der Waals surface area contributed by atoms with Gasteiger partial charge in [-0.25, -0.2) is 14.3 Å². The number of hydrogen-bond donors (Lipinski definition) is 3. The molecule has 2 aromatic heterocycles. The predicted octanol–water partition coefficient (Wildman–Crippen LogP) is 4.01. The number of tetrazole rings is 1. The number of ether oxygens (including phenoxy) is 1. The lowest BCUT2D eigenvalue weighted by atomic mass is 9.81. The quantitative estimate of drug-likeness (QED) is 0.176. The van der Waals surface area contributed by atoms with Crippen molar-refractivity contribution in [1.82, 2.24) is 30.5 Å². The number of aromatic nitrogens is 5. The number of nitrogens with two attached hydrogens (primary N) is 2. The van der Waals surface area contributed by atoms with Crippen molar-refractivity contribution in [2.45, 2.75) is 44.6 Å². The number of nitrogens with one attached hydrogen (secondary N) is 1. The number of anilines is 1. The van der Waals surface area contributed by atoms with E-state index in [4.69, 9.17) is 16.2 Å². The van der Waals surface area contributed by atoms with E-state index in [2.05, 4.69) is 30.5 Å². The molecule has 2 aromatic carbocycles. The third-order valence-electron chi connectivity index (χ3n) is 8.55. The second-order valence-electron chi connectivity index (χ2n) is 12.3. The molecule has 0 bridgehead atoms. The summed E-state index contributed by atoms with van der Waals surface area (Å²) < 4.78 is 21.0. The van der Waals surface area contributed by atoms with Crippen LogP contribution in [-0.4, -0.2) is 82.2 Å². The van der Waals surface area contributed by atoms with Gasteiger partial charge in [-0.2, -0.15) is 5.21 Å². The van der Waals surface area contributed by atoms with Gasteiger partial charge in [0.1, 0.15) is 5.82 Å². The molecular formula is C34H43ClFN9O3. The highest BCUT2D eigenvalue weighted by molar-refractivity contribution is 6.17. The maximum Gasteiger partial charge on any atom is 0.251 e. The normalized spacial score (nSPS) is 16.6. The van der Waals surface area contributed by atoms with Crippen LogP contribution in [0.15, 0.2) is 60.8 Å². The Labute approximate surface area is 285 Å². The zero-order valence-electron chi connectivity index (χ0n) is 27.2. The van der Waals surface area contributed by atoms with E-state index in [-0.39, 0.29) is 30.7 Å². The van der Waals surface area contributed by atoms with Gasteiger partial charge in [0.2, 0.25) is 17.6 Å². The molecule has 4 aromatic rings. The Morgan fingerprint density at radius 1 is 1.04 bits per heavy atom. The Kier molecular flexibility index (Phi) is 13.1. The zero-order valence-corrected chi connectivity index (χ0v) is 28.0. The van der Waals surface area contributed by atoms with Crippen molar-refractivity contribution >= 4 is 29.9 Å². The van der Waals surface area contributed by atoms with E-state index in [1.165, 1.54) is 11.0 Å². The number of rotatable bonds is 13. The van der Waals surface area contributed by atoms with Crippen LogP contribution < -0.4 is 21.1 Å². The van der Waals surface area contributed by atoms with Crippen LogP contribution in [0.2, 0.25) is 0 Å². The molecule has 5 N–H and O–H groups in total. The lowest BCUT2D eigenvalue weighted by Crippen LogP contribution is -2.50. The fourth-order valence-corrected chi connectivity index (χ4v) is 5.84. The topological polar surface area (TPSA) is 169 Å². The van der Waals surface area contributed by atoms with Gasteiger partial charge in [-0.3, -0.25) is 9.59 Å². The van der Waals surface area contributed by atoms with Crippen LogP contribution in [0, 0.1) is 17.7 Å². The molecule has 2 heterocycles. The predicted molar refractivity (Wildman–Crippen MR) is 184 cm³/mol. The molecule has 48 heavy (non-hydrogen) atoms. The summed E-state index contributed by atoms with van der Waals surface area (Å²) >= 11 is 0. The van der Waals surface area contributed by atoms with E-state index in [1.54, 1.807) is 54.7 Å². The number of nitrogens with zero attached hydrogens (tertiary/aromatic N) is 6. The molecule has 0 radical (unpaired) electrons. The summed E-state index contributed by atoms with van der Waals surface area (Å²) in [6.45, 7) is 2.02. The van der Waals surface area contributed by atoms with E-state index in [0.717, 1.165) is 25.8 Å². The number of hydrogen-bond acceptors (Lipinski definition) is 10. The standard InChI is InChI=1S/C34H42FN9O3.ClH/c1-43(2)16-3-17-47-31-15-11-26(21-38-31)28-14-6-23(18-29(28)35)19-30(37)34(46)44(33(45)25-7-4-22(20-36)5-8-25)27-12-9-24(10-13-27)32-39-41-42-40-32;/h6,9-15,18,21-22,25,30H,3-5,7-8,16-17,19-20,36-37H2,1-2H3,(H,39,40,41,42);1H/t22-,25-,30-;/m0./s1. The van der Waals surface area contributed by atoms with E-state index < -0.39 is 17.8 Å². The molecule has 0 saturated heterocycles. The van der Waals surface area contributed by atoms with E-state index in [1.807, 2.05) is 14.1 Å². The van der Waals surface area contributed by atoms with E-state index >= 15 is 4.39 Å². The van der Waals surface area contributed by atoms with E-state index in [0.29, 0.717) is 71.6 Å². The number of aromatic amines is 1. The summed E-state index contributed by atoms with van der Waals surface area (Å²) in [5.41, 5.74) is 14.9. The van der Waals surface area contributed by atoms with Crippen molar-refractivity contribution in [3.8, 4) is 28.4 Å². The molecule has 2 amide bonds. The van der Waals surface area contributed by atoms with Crippen molar-refractivity contribution in [2.75, 3.05) is 38.7 Å². The molecule has 1 atom stereocenters. The highest BCUT2D eigenvalue weighted by atomic mass is 35.5. The molecule has 1 aliphatic carbocycles. The van der Waals surface area contributed by atoms with Gasteiger partial charge >= 0.3 is 0 Å². The van der Waals surface area contributed by atoms with Crippen molar-refractivity contribution in [3.63, 3.8) is 0 Å². The highest BCUT2D eigenvalue weighted by Gasteiger charge is 2.35. The van der Waals surface area contributed by atoms with Crippen LogP contribution >= 0.6 is 12.4 Å². The molecule has 0 spiro atoms. The molecule has 256 valence electrons. The number of pyridine rings is 1. The first-order chi connectivity index (χ1) is 22.7. The van der Waals surface area contributed by atoms with Gasteiger partial charge in [-0.05, 0) is 112 Å². The summed E-state index contributed by atoms with van der Waals surface area (Å²) in [5.74, 6) is -0.414. The summed E-state index contributed by atoms with van der Waals surface area (Å²) in [7, 11) is 4.01. The number of imide groups is 1. The first kappa shape index (κ1) is 36.5. The molecule has 1 aliphatic rings. The van der Waals surface area contributed by atoms with Crippen LogP contribution in [0.4, 0.5) is 10.1 Å². The maximum atomic E-state index is 15.3.